The number of hydrogen-bond acceptors (Lipinski definition) is 2. The van der Waals surface area contributed by atoms with Crippen LogP contribution in [0.15, 0.2) is 0 Å². The number of hydrogen-bond donors (Lipinski definition) is 1. The maximum absolute atomic E-state index is 9.82. The molecule has 1 fully saturated rings. The number of aliphatic hydroxyl groups excluding tert-OH is 1. The summed E-state index contributed by atoms with van der Waals surface area (Å²) in [4.78, 5) is 2.53. The first kappa shape index (κ1) is 15.0. The Morgan fingerprint density at radius 2 is 1.71 bits per heavy atom. The molecule has 0 unspecified atom stereocenters. The summed E-state index contributed by atoms with van der Waals surface area (Å²) in [6, 6.07) is 0. The topological polar surface area (TPSA) is 23.5 Å². The van der Waals surface area contributed by atoms with Gasteiger partial charge in [-0.15, -0.1) is 0 Å². The Balaban J connectivity index is 2.58. The second-order valence-corrected chi connectivity index (χ2v) is 6.29. The summed E-state index contributed by atoms with van der Waals surface area (Å²) < 4.78 is 0. The molecule has 1 aliphatic rings. The summed E-state index contributed by atoms with van der Waals surface area (Å²) in [6.45, 7) is 10.5. The highest BCUT2D eigenvalue weighted by atomic mass is 16.3. The van der Waals surface area contributed by atoms with Gasteiger partial charge in [-0.3, -0.25) is 0 Å². The average molecular weight is 241 g/mol. The minimum absolute atomic E-state index is 0.196. The monoisotopic (exact) mass is 241 g/mol. The van der Waals surface area contributed by atoms with Crippen LogP contribution in [-0.2, 0) is 0 Å². The van der Waals surface area contributed by atoms with Gasteiger partial charge in [0.1, 0.15) is 0 Å². The smallest absolute Gasteiger partial charge is 0.0499 e. The normalized spacial score (nSPS) is 20.8. The first-order valence-corrected chi connectivity index (χ1v) is 7.45. The predicted molar refractivity (Wildman–Crippen MR) is 74.2 cm³/mol. The van der Waals surface area contributed by atoms with Crippen LogP contribution in [0.1, 0.15) is 59.3 Å². The van der Waals surface area contributed by atoms with E-state index in [1.165, 1.54) is 38.5 Å². The van der Waals surface area contributed by atoms with E-state index in [-0.39, 0.29) is 5.41 Å². The molecule has 0 aliphatic heterocycles. The average Bonchev–Trinajstić information content (AvgIpc) is 2.54. The largest absolute Gasteiger partial charge is 0.396 e. The highest BCUT2D eigenvalue weighted by Gasteiger charge is 2.32. The lowest BCUT2D eigenvalue weighted by Crippen LogP contribution is -2.41. The van der Waals surface area contributed by atoms with E-state index < -0.39 is 0 Å². The molecule has 0 amide bonds. The Morgan fingerprint density at radius 1 is 1.12 bits per heavy atom. The highest BCUT2D eigenvalue weighted by molar-refractivity contribution is 4.84. The first-order chi connectivity index (χ1) is 8.12. The van der Waals surface area contributed by atoms with Crippen molar-refractivity contribution in [3.63, 3.8) is 0 Å². The summed E-state index contributed by atoms with van der Waals surface area (Å²) in [5.74, 6) is 0.719. The molecule has 0 aromatic rings. The van der Waals surface area contributed by atoms with Gasteiger partial charge in [0, 0.05) is 25.1 Å². The van der Waals surface area contributed by atoms with Crippen molar-refractivity contribution in [1.82, 2.24) is 4.90 Å². The van der Waals surface area contributed by atoms with Gasteiger partial charge in [-0.25, -0.2) is 0 Å². The van der Waals surface area contributed by atoms with Gasteiger partial charge in [-0.05, 0) is 25.3 Å². The Kier molecular flexibility index (Phi) is 6.50. The van der Waals surface area contributed by atoms with Crippen molar-refractivity contribution in [1.29, 1.82) is 0 Å². The molecule has 2 nitrogen and oxygen atoms in total. The summed E-state index contributed by atoms with van der Waals surface area (Å²) in [7, 11) is 0. The molecular weight excluding hydrogens is 210 g/mol. The third-order valence-electron chi connectivity index (χ3n) is 4.13. The summed E-state index contributed by atoms with van der Waals surface area (Å²) in [6.07, 6.45) is 7.77. The summed E-state index contributed by atoms with van der Waals surface area (Å²) >= 11 is 0. The van der Waals surface area contributed by atoms with E-state index in [2.05, 4.69) is 25.7 Å². The lowest BCUT2D eigenvalue weighted by molar-refractivity contribution is 0.0570. The van der Waals surface area contributed by atoms with Crippen molar-refractivity contribution in [2.45, 2.75) is 59.3 Å². The summed E-state index contributed by atoms with van der Waals surface area (Å²) in [5.41, 5.74) is 0.196. The fraction of sp³-hybridized carbons (Fsp3) is 1.00. The molecule has 1 aliphatic carbocycles. The zero-order valence-corrected chi connectivity index (χ0v) is 12.0. The third-order valence-corrected chi connectivity index (χ3v) is 4.13. The molecule has 0 spiro atoms. The summed E-state index contributed by atoms with van der Waals surface area (Å²) in [5, 5.41) is 9.82. The standard InChI is InChI=1S/C15H31NO/c1-4-16(11-14(2)3)12-15(13-17)9-7-5-6-8-10-15/h14,17H,4-13H2,1-3H3. The van der Waals surface area contributed by atoms with E-state index in [9.17, 15) is 5.11 Å². The van der Waals surface area contributed by atoms with Crippen LogP contribution in [-0.4, -0.2) is 36.2 Å². The van der Waals surface area contributed by atoms with E-state index in [0.29, 0.717) is 6.61 Å². The molecule has 0 aromatic carbocycles. The van der Waals surface area contributed by atoms with Gasteiger partial charge in [-0.1, -0.05) is 46.5 Å². The zero-order chi connectivity index (χ0) is 12.7. The Bertz CT molecular complexity index is 195. The van der Waals surface area contributed by atoms with Crippen molar-refractivity contribution >= 4 is 0 Å². The van der Waals surface area contributed by atoms with Crippen molar-refractivity contribution in [2.75, 3.05) is 26.2 Å². The maximum atomic E-state index is 9.82. The van der Waals surface area contributed by atoms with Crippen LogP contribution in [0.5, 0.6) is 0 Å². The molecule has 0 aromatic heterocycles. The molecule has 0 radical (unpaired) electrons. The minimum atomic E-state index is 0.196. The van der Waals surface area contributed by atoms with Gasteiger partial charge in [0.05, 0.1) is 0 Å². The number of aliphatic hydroxyl groups is 1. The van der Waals surface area contributed by atoms with Crippen molar-refractivity contribution < 1.29 is 5.11 Å². The fourth-order valence-electron chi connectivity index (χ4n) is 3.14. The molecule has 1 N–H and O–H groups in total. The minimum Gasteiger partial charge on any atom is -0.396 e. The van der Waals surface area contributed by atoms with Gasteiger partial charge in [0.25, 0.3) is 0 Å². The van der Waals surface area contributed by atoms with Gasteiger partial charge in [-0.2, -0.15) is 0 Å². The van der Waals surface area contributed by atoms with E-state index in [0.717, 1.165) is 25.6 Å². The van der Waals surface area contributed by atoms with Crippen LogP contribution in [0.4, 0.5) is 0 Å². The molecule has 17 heavy (non-hydrogen) atoms. The van der Waals surface area contributed by atoms with Crippen LogP contribution in [0.3, 0.4) is 0 Å². The second-order valence-electron chi connectivity index (χ2n) is 6.29. The fourth-order valence-corrected chi connectivity index (χ4v) is 3.14. The molecule has 1 saturated carbocycles. The molecule has 0 bridgehead atoms. The van der Waals surface area contributed by atoms with Crippen molar-refractivity contribution in [3.05, 3.63) is 0 Å². The van der Waals surface area contributed by atoms with E-state index in [1.807, 2.05) is 0 Å². The second kappa shape index (κ2) is 7.38. The third kappa shape index (κ3) is 4.97. The van der Waals surface area contributed by atoms with E-state index >= 15 is 0 Å². The molecular formula is C15H31NO. The van der Waals surface area contributed by atoms with Crippen LogP contribution in [0.2, 0.25) is 0 Å². The molecule has 2 heteroatoms. The Morgan fingerprint density at radius 3 is 2.12 bits per heavy atom. The van der Waals surface area contributed by atoms with Crippen LogP contribution in [0, 0.1) is 11.3 Å². The first-order valence-electron chi connectivity index (χ1n) is 7.45. The van der Waals surface area contributed by atoms with Crippen LogP contribution < -0.4 is 0 Å². The maximum Gasteiger partial charge on any atom is 0.0499 e. The highest BCUT2D eigenvalue weighted by Crippen LogP contribution is 2.35. The Labute approximate surface area is 107 Å². The van der Waals surface area contributed by atoms with Crippen molar-refractivity contribution in [3.8, 4) is 0 Å². The SMILES string of the molecule is CCN(CC(C)C)CC1(CO)CCCCCC1. The van der Waals surface area contributed by atoms with Gasteiger partial charge < -0.3 is 10.0 Å². The zero-order valence-electron chi connectivity index (χ0n) is 12.0. The predicted octanol–water partition coefficient (Wildman–Crippen LogP) is 3.30. The molecule has 0 atom stereocenters. The van der Waals surface area contributed by atoms with Crippen LogP contribution >= 0.6 is 0 Å². The van der Waals surface area contributed by atoms with Gasteiger partial charge in [0.15, 0.2) is 0 Å². The van der Waals surface area contributed by atoms with E-state index in [4.69, 9.17) is 0 Å². The lowest BCUT2D eigenvalue weighted by atomic mass is 9.80. The molecule has 0 saturated heterocycles. The number of nitrogens with zero attached hydrogens (tertiary/aromatic N) is 1. The molecule has 102 valence electrons. The number of rotatable bonds is 6. The van der Waals surface area contributed by atoms with Crippen LogP contribution in [0.25, 0.3) is 0 Å². The van der Waals surface area contributed by atoms with Gasteiger partial charge in [0.2, 0.25) is 0 Å². The quantitative estimate of drug-likeness (QED) is 0.721. The van der Waals surface area contributed by atoms with E-state index in [1.54, 1.807) is 0 Å². The Hall–Kier alpha value is -0.0800. The van der Waals surface area contributed by atoms with Crippen molar-refractivity contribution in [2.24, 2.45) is 11.3 Å². The molecule has 0 heterocycles. The van der Waals surface area contributed by atoms with Gasteiger partial charge >= 0.3 is 0 Å². The molecule has 1 rings (SSSR count). The lowest BCUT2D eigenvalue weighted by Gasteiger charge is -2.37.